The van der Waals surface area contributed by atoms with Crippen LogP contribution in [0.25, 0.3) is 0 Å². The molecule has 6 heteroatoms. The van der Waals surface area contributed by atoms with Crippen molar-refractivity contribution in [1.82, 2.24) is 5.32 Å². The SMILES string of the molecule is CCCCCCCCC/C=C\CCCCCCCC(=O)OCCCCC/C=C\C=C/CCCCCCCCC(=O)NC(CO)C(O)/C=C/CCCCCCCCCCCCCCCCCCC. The monoisotopic (exact) mass is 940 g/mol. The fourth-order valence-electron chi connectivity index (χ4n) is 8.80. The summed E-state index contributed by atoms with van der Waals surface area (Å²) >= 11 is 0. The standard InChI is InChI=1S/C61H113NO5/c1-3-5-7-9-11-13-15-17-19-21-22-23-25-29-33-37-41-45-49-53-59(64)58(57-63)62-60(65)54-50-46-42-38-34-30-26-24-28-32-36-40-44-48-52-56-67-61(66)55-51-47-43-39-35-31-27-20-18-16-14-12-10-8-6-4-2/h20,24,27-28,32,36,49,53,58-59,63-64H,3-19,21-23,25-26,29-31,33-35,37-48,50-52,54-57H2,1-2H3,(H,62,65)/b27-20-,28-24-,36-32-,53-49+. The third-order valence-corrected chi connectivity index (χ3v) is 13.3. The highest BCUT2D eigenvalue weighted by Gasteiger charge is 2.18. The highest BCUT2D eigenvalue weighted by molar-refractivity contribution is 5.76. The molecule has 2 unspecified atom stereocenters. The van der Waals surface area contributed by atoms with Crippen molar-refractivity contribution in [3.63, 3.8) is 0 Å². The number of rotatable bonds is 54. The third kappa shape index (κ3) is 53.0. The predicted molar refractivity (Wildman–Crippen MR) is 292 cm³/mol. The molecular formula is C61H113NO5. The second-order valence-corrected chi connectivity index (χ2v) is 20.0. The summed E-state index contributed by atoms with van der Waals surface area (Å²) in [4.78, 5) is 24.5. The molecule has 1 amide bonds. The van der Waals surface area contributed by atoms with Crippen molar-refractivity contribution in [3.05, 3.63) is 48.6 Å². The maximum absolute atomic E-state index is 12.5. The summed E-state index contributed by atoms with van der Waals surface area (Å²) in [5.74, 6) is -0.120. The Morgan fingerprint density at radius 3 is 1.15 bits per heavy atom. The molecule has 0 aliphatic rings. The molecule has 0 aliphatic carbocycles. The average Bonchev–Trinajstić information content (AvgIpc) is 3.33. The van der Waals surface area contributed by atoms with Gasteiger partial charge in [0.05, 0.1) is 25.4 Å². The Hall–Kier alpha value is -2.18. The van der Waals surface area contributed by atoms with Crippen molar-refractivity contribution >= 4 is 11.9 Å². The van der Waals surface area contributed by atoms with Crippen LogP contribution in [0.1, 0.15) is 303 Å². The number of ether oxygens (including phenoxy) is 1. The zero-order valence-corrected chi connectivity index (χ0v) is 44.6. The van der Waals surface area contributed by atoms with Gasteiger partial charge in [-0.3, -0.25) is 9.59 Å². The van der Waals surface area contributed by atoms with Crippen LogP contribution in [0.4, 0.5) is 0 Å². The second-order valence-electron chi connectivity index (χ2n) is 20.0. The van der Waals surface area contributed by atoms with E-state index in [0.29, 0.717) is 19.4 Å². The Kier molecular flexibility index (Phi) is 54.6. The minimum Gasteiger partial charge on any atom is -0.466 e. The van der Waals surface area contributed by atoms with Crippen molar-refractivity contribution in [1.29, 1.82) is 0 Å². The summed E-state index contributed by atoms with van der Waals surface area (Å²) in [6.45, 7) is 4.85. The van der Waals surface area contributed by atoms with Gasteiger partial charge in [0.1, 0.15) is 0 Å². The quantitative estimate of drug-likeness (QED) is 0.0244. The van der Waals surface area contributed by atoms with E-state index in [-0.39, 0.29) is 18.5 Å². The van der Waals surface area contributed by atoms with Gasteiger partial charge in [0.15, 0.2) is 0 Å². The lowest BCUT2D eigenvalue weighted by Gasteiger charge is -2.20. The van der Waals surface area contributed by atoms with Crippen LogP contribution in [0.15, 0.2) is 48.6 Å². The van der Waals surface area contributed by atoms with Gasteiger partial charge in [0.2, 0.25) is 5.91 Å². The Bertz CT molecular complexity index is 1130. The lowest BCUT2D eigenvalue weighted by atomic mass is 10.0. The molecule has 0 saturated carbocycles. The highest BCUT2D eigenvalue weighted by Crippen LogP contribution is 2.16. The number of aliphatic hydroxyl groups is 2. The van der Waals surface area contributed by atoms with E-state index >= 15 is 0 Å². The van der Waals surface area contributed by atoms with Crippen LogP contribution in [-0.2, 0) is 14.3 Å². The molecule has 6 nitrogen and oxygen atoms in total. The molecule has 2 atom stereocenters. The molecule has 3 N–H and O–H groups in total. The topological polar surface area (TPSA) is 95.9 Å². The van der Waals surface area contributed by atoms with Gasteiger partial charge in [-0.25, -0.2) is 0 Å². The van der Waals surface area contributed by atoms with E-state index < -0.39 is 12.1 Å². The average molecular weight is 941 g/mol. The molecule has 0 saturated heterocycles. The van der Waals surface area contributed by atoms with E-state index in [1.165, 1.54) is 199 Å². The number of allylic oxidation sites excluding steroid dienone is 7. The van der Waals surface area contributed by atoms with Crippen molar-refractivity contribution in [2.75, 3.05) is 13.2 Å². The van der Waals surface area contributed by atoms with Gasteiger partial charge >= 0.3 is 5.97 Å². The lowest BCUT2D eigenvalue weighted by molar-refractivity contribution is -0.143. The molecule has 0 spiro atoms. The molecule has 67 heavy (non-hydrogen) atoms. The highest BCUT2D eigenvalue weighted by atomic mass is 16.5. The molecule has 0 rings (SSSR count). The fourth-order valence-corrected chi connectivity index (χ4v) is 8.80. The first-order valence-corrected chi connectivity index (χ1v) is 29.4. The molecule has 0 heterocycles. The van der Waals surface area contributed by atoms with Crippen molar-refractivity contribution < 1.29 is 24.5 Å². The fraction of sp³-hybridized carbons (Fsp3) is 0.836. The number of esters is 1. The first-order chi connectivity index (χ1) is 33.0. The van der Waals surface area contributed by atoms with Gasteiger partial charge in [0.25, 0.3) is 0 Å². The van der Waals surface area contributed by atoms with Gasteiger partial charge in [-0.15, -0.1) is 0 Å². The van der Waals surface area contributed by atoms with Crippen molar-refractivity contribution in [2.45, 2.75) is 315 Å². The number of hydrogen-bond donors (Lipinski definition) is 3. The van der Waals surface area contributed by atoms with E-state index in [1.807, 2.05) is 6.08 Å². The van der Waals surface area contributed by atoms with Gasteiger partial charge in [0, 0.05) is 12.8 Å². The molecule has 392 valence electrons. The lowest BCUT2D eigenvalue weighted by Crippen LogP contribution is -2.45. The van der Waals surface area contributed by atoms with E-state index in [9.17, 15) is 19.8 Å². The second kappa shape index (κ2) is 56.4. The summed E-state index contributed by atoms with van der Waals surface area (Å²) in [7, 11) is 0. The number of hydrogen-bond acceptors (Lipinski definition) is 5. The summed E-state index contributed by atoms with van der Waals surface area (Å²) in [5.41, 5.74) is 0. The van der Waals surface area contributed by atoms with Crippen LogP contribution in [0, 0.1) is 0 Å². The zero-order chi connectivity index (χ0) is 48.6. The Morgan fingerprint density at radius 2 is 0.746 bits per heavy atom. The molecule has 0 fully saturated rings. The Morgan fingerprint density at radius 1 is 0.418 bits per heavy atom. The van der Waals surface area contributed by atoms with E-state index in [2.05, 4.69) is 55.6 Å². The third-order valence-electron chi connectivity index (χ3n) is 13.3. The number of nitrogens with one attached hydrogen (secondary N) is 1. The smallest absolute Gasteiger partial charge is 0.305 e. The van der Waals surface area contributed by atoms with Crippen LogP contribution < -0.4 is 5.32 Å². The molecule has 0 bridgehead atoms. The number of carbonyl (C=O) groups excluding carboxylic acids is 2. The number of aliphatic hydroxyl groups excluding tert-OH is 2. The first-order valence-electron chi connectivity index (χ1n) is 29.4. The Balaban J connectivity index is 3.55. The summed E-state index contributed by atoms with van der Waals surface area (Å²) < 4.78 is 5.45. The maximum atomic E-state index is 12.5. The van der Waals surface area contributed by atoms with Crippen LogP contribution in [0.3, 0.4) is 0 Å². The normalized spacial score (nSPS) is 13.0. The van der Waals surface area contributed by atoms with Crippen LogP contribution in [-0.4, -0.2) is 47.4 Å². The number of amides is 1. The molecule has 0 aliphatic heterocycles. The van der Waals surface area contributed by atoms with Crippen LogP contribution in [0.2, 0.25) is 0 Å². The number of carbonyl (C=O) groups is 2. The van der Waals surface area contributed by atoms with Crippen molar-refractivity contribution in [2.24, 2.45) is 0 Å². The van der Waals surface area contributed by atoms with E-state index in [4.69, 9.17) is 4.74 Å². The summed E-state index contributed by atoms with van der Waals surface area (Å²) in [6, 6.07) is -0.646. The van der Waals surface area contributed by atoms with Gasteiger partial charge in [-0.05, 0) is 89.9 Å². The summed E-state index contributed by atoms with van der Waals surface area (Å²) in [5, 5.41) is 23.1. The molecule has 0 radical (unpaired) electrons. The molecule has 0 aromatic rings. The van der Waals surface area contributed by atoms with E-state index in [0.717, 1.165) is 77.0 Å². The largest absolute Gasteiger partial charge is 0.466 e. The summed E-state index contributed by atoms with van der Waals surface area (Å²) in [6.07, 6.45) is 71.3. The Labute approximate surface area is 416 Å². The zero-order valence-electron chi connectivity index (χ0n) is 44.6. The first kappa shape index (κ1) is 64.8. The van der Waals surface area contributed by atoms with Gasteiger partial charge in [-0.2, -0.15) is 0 Å². The van der Waals surface area contributed by atoms with Gasteiger partial charge < -0.3 is 20.3 Å². The molecular weight excluding hydrogens is 827 g/mol. The van der Waals surface area contributed by atoms with Gasteiger partial charge in [-0.1, -0.05) is 249 Å². The number of unbranched alkanes of at least 4 members (excludes halogenated alkanes) is 38. The molecule has 0 aromatic heterocycles. The predicted octanol–water partition coefficient (Wildman–Crippen LogP) is 18.2. The minimum atomic E-state index is -0.860. The van der Waals surface area contributed by atoms with Crippen molar-refractivity contribution in [3.8, 4) is 0 Å². The van der Waals surface area contributed by atoms with Crippen LogP contribution in [0.5, 0.6) is 0 Å². The minimum absolute atomic E-state index is 0.0304. The maximum Gasteiger partial charge on any atom is 0.305 e. The molecule has 0 aromatic carbocycles. The van der Waals surface area contributed by atoms with E-state index in [1.54, 1.807) is 6.08 Å². The van der Waals surface area contributed by atoms with Crippen LogP contribution >= 0.6 is 0 Å².